The molecule has 2 aliphatic rings. The van der Waals surface area contributed by atoms with Crippen molar-refractivity contribution in [3.63, 3.8) is 0 Å². The van der Waals surface area contributed by atoms with Crippen molar-refractivity contribution in [2.75, 3.05) is 26.2 Å². The minimum atomic E-state index is -0.196. The molecule has 2 aromatic carbocycles. The van der Waals surface area contributed by atoms with Gasteiger partial charge >= 0.3 is 0 Å². The van der Waals surface area contributed by atoms with Crippen molar-refractivity contribution in [3.05, 3.63) is 98.5 Å². The second kappa shape index (κ2) is 10.9. The van der Waals surface area contributed by atoms with Gasteiger partial charge in [0.05, 0.1) is 0 Å². The van der Waals surface area contributed by atoms with Crippen LogP contribution >= 0.6 is 11.3 Å². The second-order valence-electron chi connectivity index (χ2n) is 9.63. The molecular weight excluding hydrogens is 455 g/mol. The molecular formula is C30H33FN2OS. The number of benzene rings is 2. The van der Waals surface area contributed by atoms with E-state index in [2.05, 4.69) is 35.4 Å². The van der Waals surface area contributed by atoms with Gasteiger partial charge in [-0.2, -0.15) is 0 Å². The summed E-state index contributed by atoms with van der Waals surface area (Å²) in [6, 6.07) is 17.4. The molecule has 3 nitrogen and oxygen atoms in total. The molecule has 0 radical (unpaired) electrons. The topological polar surface area (TPSA) is 23.6 Å². The van der Waals surface area contributed by atoms with E-state index in [0.717, 1.165) is 76.0 Å². The fraction of sp³-hybridized carbons (Fsp3) is 0.367. The number of thiophene rings is 1. The van der Waals surface area contributed by atoms with E-state index in [-0.39, 0.29) is 11.7 Å². The highest BCUT2D eigenvalue weighted by Crippen LogP contribution is 2.36. The minimum absolute atomic E-state index is 0.166. The average Bonchev–Trinajstić information content (AvgIpc) is 3.59. The third-order valence-electron chi connectivity index (χ3n) is 7.23. The number of hydrogen-bond acceptors (Lipinski definition) is 3. The van der Waals surface area contributed by atoms with Crippen molar-refractivity contribution < 1.29 is 9.18 Å². The van der Waals surface area contributed by atoms with Crippen molar-refractivity contribution in [3.8, 4) is 0 Å². The highest BCUT2D eigenvalue weighted by atomic mass is 32.1. The molecule has 0 N–H and O–H groups in total. The Hall–Kier alpha value is -2.76. The standard InChI is InChI=1S/C30H33FN2OS/c1-2-22-19-28(35-21-22)29(24-8-10-27(31)11-9-24)25-12-16-32(17-13-25)20-23-6-5-7-26(18-23)30(34)33-14-3-4-15-33/h5-11,18-19,21H,2-4,12-17,20H2,1H3. The smallest absolute Gasteiger partial charge is 0.253 e. The van der Waals surface area contributed by atoms with E-state index in [1.54, 1.807) is 23.5 Å². The number of carbonyl (C=O) groups excluding carboxylic acids is 1. The van der Waals surface area contributed by atoms with Crippen LogP contribution in [0.1, 0.15) is 64.5 Å². The van der Waals surface area contributed by atoms with E-state index in [1.165, 1.54) is 27.2 Å². The lowest BCUT2D eigenvalue weighted by molar-refractivity contribution is 0.0792. The third-order valence-corrected chi connectivity index (χ3v) is 8.22. The normalized spacial score (nSPS) is 16.6. The summed E-state index contributed by atoms with van der Waals surface area (Å²) in [5.74, 6) is -0.0293. The van der Waals surface area contributed by atoms with E-state index >= 15 is 0 Å². The Balaban J connectivity index is 1.31. The Morgan fingerprint density at radius 3 is 2.34 bits per heavy atom. The second-order valence-corrected chi connectivity index (χ2v) is 10.5. The summed E-state index contributed by atoms with van der Waals surface area (Å²) in [6.45, 7) is 6.77. The van der Waals surface area contributed by atoms with Crippen LogP contribution in [0.4, 0.5) is 4.39 Å². The maximum atomic E-state index is 13.6. The van der Waals surface area contributed by atoms with E-state index < -0.39 is 0 Å². The summed E-state index contributed by atoms with van der Waals surface area (Å²) in [7, 11) is 0. The van der Waals surface area contributed by atoms with Crippen LogP contribution in [0.25, 0.3) is 5.57 Å². The molecule has 0 aliphatic carbocycles. The quantitative estimate of drug-likeness (QED) is 0.382. The molecule has 0 atom stereocenters. The molecule has 2 aliphatic heterocycles. The lowest BCUT2D eigenvalue weighted by Gasteiger charge is -2.30. The maximum Gasteiger partial charge on any atom is 0.253 e. The SMILES string of the molecule is CCc1csc(C(=C2CCN(Cc3cccc(C(=O)N4CCCC4)c3)CC2)c2ccc(F)cc2)c1. The predicted molar refractivity (Wildman–Crippen MR) is 142 cm³/mol. The Labute approximate surface area is 211 Å². The molecule has 1 amide bonds. The van der Waals surface area contributed by atoms with Crippen molar-refractivity contribution in [2.24, 2.45) is 0 Å². The molecule has 35 heavy (non-hydrogen) atoms. The Morgan fingerprint density at radius 2 is 1.66 bits per heavy atom. The first kappa shape index (κ1) is 24.0. The van der Waals surface area contributed by atoms with Gasteiger partial charge in [0.2, 0.25) is 0 Å². The molecule has 0 saturated carbocycles. The van der Waals surface area contributed by atoms with Crippen molar-refractivity contribution in [1.29, 1.82) is 0 Å². The Bertz CT molecular complexity index is 1200. The first-order valence-corrected chi connectivity index (χ1v) is 13.6. The zero-order chi connectivity index (χ0) is 24.2. The number of hydrogen-bond donors (Lipinski definition) is 0. The van der Waals surface area contributed by atoms with Crippen LogP contribution in [0, 0.1) is 5.82 Å². The highest BCUT2D eigenvalue weighted by Gasteiger charge is 2.22. The fourth-order valence-corrected chi connectivity index (χ4v) is 6.34. The Morgan fingerprint density at radius 1 is 0.914 bits per heavy atom. The van der Waals surface area contributed by atoms with Crippen LogP contribution in [0.3, 0.4) is 0 Å². The van der Waals surface area contributed by atoms with E-state index in [4.69, 9.17) is 0 Å². The zero-order valence-corrected chi connectivity index (χ0v) is 21.2. The lowest BCUT2D eigenvalue weighted by atomic mass is 9.91. The number of nitrogens with zero attached hydrogens (tertiary/aromatic N) is 2. The van der Waals surface area contributed by atoms with Crippen molar-refractivity contribution >= 4 is 22.8 Å². The number of likely N-dealkylation sites (tertiary alicyclic amines) is 2. The van der Waals surface area contributed by atoms with Gasteiger partial charge in [0.15, 0.2) is 0 Å². The van der Waals surface area contributed by atoms with E-state index in [0.29, 0.717) is 0 Å². The lowest BCUT2D eigenvalue weighted by Crippen LogP contribution is -2.31. The van der Waals surface area contributed by atoms with Crippen molar-refractivity contribution in [1.82, 2.24) is 9.80 Å². The van der Waals surface area contributed by atoms with Crippen LogP contribution in [0.2, 0.25) is 0 Å². The van der Waals surface area contributed by atoms with Gasteiger partial charge in [0.1, 0.15) is 5.82 Å². The molecule has 0 bridgehead atoms. The average molecular weight is 489 g/mol. The van der Waals surface area contributed by atoms with E-state index in [1.807, 2.05) is 29.2 Å². The molecule has 5 heteroatoms. The van der Waals surface area contributed by atoms with E-state index in [9.17, 15) is 9.18 Å². The fourth-order valence-electron chi connectivity index (χ4n) is 5.22. The minimum Gasteiger partial charge on any atom is -0.339 e. The summed E-state index contributed by atoms with van der Waals surface area (Å²) in [5.41, 5.74) is 7.21. The molecule has 0 unspecified atom stereocenters. The largest absolute Gasteiger partial charge is 0.339 e. The molecule has 0 spiro atoms. The summed E-state index contributed by atoms with van der Waals surface area (Å²) < 4.78 is 13.6. The molecule has 5 rings (SSSR count). The van der Waals surface area contributed by atoms with Gasteiger partial charge < -0.3 is 4.90 Å². The van der Waals surface area contributed by atoms with Crippen LogP contribution in [0.5, 0.6) is 0 Å². The number of carbonyl (C=O) groups is 1. The van der Waals surface area contributed by atoms with Gasteiger partial charge in [-0.15, -0.1) is 11.3 Å². The summed E-state index contributed by atoms with van der Waals surface area (Å²) in [5, 5.41) is 2.24. The summed E-state index contributed by atoms with van der Waals surface area (Å²) in [4.78, 5) is 18.5. The molecule has 2 fully saturated rings. The molecule has 182 valence electrons. The van der Waals surface area contributed by atoms with Gasteiger partial charge in [0, 0.05) is 43.2 Å². The number of halogens is 1. The number of amides is 1. The maximum absolute atomic E-state index is 13.6. The van der Waals surface area contributed by atoms with Crippen molar-refractivity contribution in [2.45, 2.75) is 45.6 Å². The monoisotopic (exact) mass is 488 g/mol. The first-order valence-electron chi connectivity index (χ1n) is 12.8. The molecule has 3 aromatic rings. The molecule has 1 aromatic heterocycles. The zero-order valence-electron chi connectivity index (χ0n) is 20.4. The number of rotatable bonds is 6. The van der Waals surface area contributed by atoms with Gasteiger partial charge in [-0.3, -0.25) is 9.69 Å². The molecule has 3 heterocycles. The highest BCUT2D eigenvalue weighted by molar-refractivity contribution is 7.11. The number of piperidine rings is 1. The van der Waals surface area contributed by atoms with Gasteiger partial charge in [0.25, 0.3) is 5.91 Å². The first-order chi connectivity index (χ1) is 17.1. The van der Waals surface area contributed by atoms with Gasteiger partial charge in [-0.25, -0.2) is 4.39 Å². The summed E-state index contributed by atoms with van der Waals surface area (Å²) >= 11 is 1.79. The molecule has 2 saturated heterocycles. The van der Waals surface area contributed by atoms with Crippen LogP contribution in [0.15, 0.2) is 65.6 Å². The van der Waals surface area contributed by atoms with Gasteiger partial charge in [-0.05, 0) is 90.1 Å². The van der Waals surface area contributed by atoms with Crippen LogP contribution in [-0.2, 0) is 13.0 Å². The number of aryl methyl sites for hydroxylation is 1. The van der Waals surface area contributed by atoms with Gasteiger partial charge in [-0.1, -0.05) is 36.8 Å². The third kappa shape index (κ3) is 5.57. The Kier molecular flexibility index (Phi) is 7.45. The predicted octanol–water partition coefficient (Wildman–Crippen LogP) is 6.78. The van der Waals surface area contributed by atoms with Crippen LogP contribution < -0.4 is 0 Å². The van der Waals surface area contributed by atoms with Crippen LogP contribution in [-0.4, -0.2) is 41.9 Å². The summed E-state index contributed by atoms with van der Waals surface area (Å²) in [6.07, 6.45) is 5.24.